The van der Waals surface area contributed by atoms with Gasteiger partial charge in [0.2, 0.25) is 0 Å². The van der Waals surface area contributed by atoms with Crippen molar-refractivity contribution in [1.82, 2.24) is 14.6 Å². The normalized spacial score (nSPS) is 13.9. The number of aldehydes is 1. The summed E-state index contributed by atoms with van der Waals surface area (Å²) in [5.74, 6) is 0.876. The number of hydrogen-bond donors (Lipinski definition) is 1. The number of rotatable bonds is 5. The van der Waals surface area contributed by atoms with E-state index in [4.69, 9.17) is 11.6 Å². The van der Waals surface area contributed by atoms with Gasteiger partial charge in [-0.3, -0.25) is 4.79 Å². The van der Waals surface area contributed by atoms with E-state index in [0.29, 0.717) is 28.8 Å². The van der Waals surface area contributed by atoms with Gasteiger partial charge in [0.25, 0.3) is 0 Å². The molecule has 25 heavy (non-hydrogen) atoms. The lowest BCUT2D eigenvalue weighted by Gasteiger charge is -2.20. The van der Waals surface area contributed by atoms with Crippen molar-refractivity contribution >= 4 is 40.9 Å². The lowest BCUT2D eigenvalue weighted by Crippen LogP contribution is -2.23. The summed E-state index contributed by atoms with van der Waals surface area (Å²) in [4.78, 5) is 17.9. The number of carbonyl (C=O) groups is 1. The third-order valence-electron chi connectivity index (χ3n) is 4.26. The van der Waals surface area contributed by atoms with Crippen LogP contribution in [0.1, 0.15) is 23.2 Å². The fraction of sp³-hybridized carbons (Fsp3) is 0.235. The van der Waals surface area contributed by atoms with E-state index in [1.165, 1.54) is 18.3 Å². The molecule has 4 rings (SSSR count). The van der Waals surface area contributed by atoms with Crippen LogP contribution in [-0.4, -0.2) is 34.0 Å². The van der Waals surface area contributed by atoms with Gasteiger partial charge >= 0.3 is 0 Å². The third-order valence-corrected chi connectivity index (χ3v) is 4.54. The van der Waals surface area contributed by atoms with Gasteiger partial charge in [-0.25, -0.2) is 9.37 Å². The van der Waals surface area contributed by atoms with Crippen molar-refractivity contribution in [2.24, 2.45) is 0 Å². The van der Waals surface area contributed by atoms with E-state index in [2.05, 4.69) is 20.3 Å². The molecule has 6 nitrogen and oxygen atoms in total. The van der Waals surface area contributed by atoms with E-state index in [-0.39, 0.29) is 5.02 Å². The zero-order valence-electron chi connectivity index (χ0n) is 13.4. The molecule has 128 valence electrons. The third kappa shape index (κ3) is 2.91. The van der Waals surface area contributed by atoms with E-state index >= 15 is 0 Å². The predicted molar refractivity (Wildman–Crippen MR) is 94.5 cm³/mol. The summed E-state index contributed by atoms with van der Waals surface area (Å²) in [6.45, 7) is 0. The number of fused-ring (bicyclic) bond motifs is 1. The highest BCUT2D eigenvalue weighted by Gasteiger charge is 2.28. The zero-order valence-corrected chi connectivity index (χ0v) is 14.2. The number of hydrogen-bond acceptors (Lipinski definition) is 5. The van der Waals surface area contributed by atoms with Gasteiger partial charge in [0.05, 0.1) is 16.8 Å². The maximum atomic E-state index is 13.3. The molecule has 0 radical (unpaired) electrons. The molecule has 1 saturated carbocycles. The molecule has 3 aromatic rings. The Morgan fingerprint density at radius 2 is 2.20 bits per heavy atom. The Morgan fingerprint density at radius 3 is 2.88 bits per heavy atom. The average molecular weight is 360 g/mol. The highest BCUT2D eigenvalue weighted by atomic mass is 35.5. The minimum atomic E-state index is -0.483. The van der Waals surface area contributed by atoms with Crippen molar-refractivity contribution in [2.45, 2.75) is 18.9 Å². The fourth-order valence-electron chi connectivity index (χ4n) is 2.73. The van der Waals surface area contributed by atoms with E-state index < -0.39 is 5.82 Å². The molecule has 0 aliphatic heterocycles. The first-order valence-electron chi connectivity index (χ1n) is 7.85. The van der Waals surface area contributed by atoms with Crippen molar-refractivity contribution in [3.63, 3.8) is 0 Å². The number of aromatic nitrogens is 3. The minimum absolute atomic E-state index is 0.0272. The summed E-state index contributed by atoms with van der Waals surface area (Å²) in [5.41, 5.74) is 1.48. The highest BCUT2D eigenvalue weighted by molar-refractivity contribution is 6.31. The molecule has 1 aliphatic carbocycles. The van der Waals surface area contributed by atoms with Gasteiger partial charge in [0.15, 0.2) is 11.9 Å². The molecule has 0 unspecified atom stereocenters. The molecular weight excluding hydrogens is 345 g/mol. The standard InChI is InChI=1S/C17H15ClFN5O/c1-23(12-3-4-12)16-7-15(21-11-2-5-14(19)13(18)6-11)22-17-10(9-25)8-20-24(16)17/h2,5-9,12H,3-4H2,1H3,(H,21,22). The SMILES string of the molecule is CN(c1cc(Nc2ccc(F)c(Cl)c2)nc2c(C=O)cnn12)C1CC1. The maximum Gasteiger partial charge on any atom is 0.170 e. The van der Waals surface area contributed by atoms with Crippen molar-refractivity contribution in [3.8, 4) is 0 Å². The molecular formula is C17H15ClFN5O. The van der Waals surface area contributed by atoms with Crippen molar-refractivity contribution in [3.05, 3.63) is 46.9 Å². The first kappa shape index (κ1) is 15.8. The van der Waals surface area contributed by atoms with Crippen molar-refractivity contribution < 1.29 is 9.18 Å². The molecule has 1 aromatic carbocycles. The Bertz CT molecular complexity index is 969. The first-order valence-corrected chi connectivity index (χ1v) is 8.23. The Balaban J connectivity index is 1.79. The molecule has 0 bridgehead atoms. The Hall–Kier alpha value is -2.67. The topological polar surface area (TPSA) is 62.5 Å². The van der Waals surface area contributed by atoms with E-state index in [1.807, 2.05) is 13.1 Å². The molecule has 0 saturated heterocycles. The predicted octanol–water partition coefficient (Wildman–Crippen LogP) is 3.68. The number of nitrogens with one attached hydrogen (secondary N) is 1. The van der Waals surface area contributed by atoms with Crippen LogP contribution in [-0.2, 0) is 0 Å². The fourth-order valence-corrected chi connectivity index (χ4v) is 2.91. The van der Waals surface area contributed by atoms with Crippen LogP contribution < -0.4 is 10.2 Å². The van der Waals surface area contributed by atoms with Crippen LogP contribution in [0, 0.1) is 5.82 Å². The van der Waals surface area contributed by atoms with Gasteiger partial charge in [-0.2, -0.15) is 9.61 Å². The van der Waals surface area contributed by atoms with E-state index in [9.17, 15) is 9.18 Å². The molecule has 0 amide bonds. The second-order valence-electron chi connectivity index (χ2n) is 6.05. The van der Waals surface area contributed by atoms with Gasteiger partial charge < -0.3 is 10.2 Å². The number of anilines is 3. The number of nitrogens with zero attached hydrogens (tertiary/aromatic N) is 4. The second kappa shape index (κ2) is 6.00. The Morgan fingerprint density at radius 1 is 1.40 bits per heavy atom. The van der Waals surface area contributed by atoms with E-state index in [0.717, 1.165) is 24.9 Å². The molecule has 2 heterocycles. The van der Waals surface area contributed by atoms with Crippen LogP contribution in [0.25, 0.3) is 5.65 Å². The average Bonchev–Trinajstić information content (AvgIpc) is 3.37. The number of halogens is 2. The summed E-state index contributed by atoms with van der Waals surface area (Å²) in [5, 5.41) is 7.42. The molecule has 0 spiro atoms. The second-order valence-corrected chi connectivity index (χ2v) is 6.46. The van der Waals surface area contributed by atoms with E-state index in [1.54, 1.807) is 10.6 Å². The van der Waals surface area contributed by atoms with Crippen molar-refractivity contribution in [1.29, 1.82) is 0 Å². The summed E-state index contributed by atoms with van der Waals surface area (Å²) < 4.78 is 15.0. The van der Waals surface area contributed by atoms with Crippen LogP contribution in [0.15, 0.2) is 30.5 Å². The van der Waals surface area contributed by atoms with Gasteiger partial charge in [0, 0.05) is 24.8 Å². The Kier molecular flexibility index (Phi) is 3.80. The lowest BCUT2D eigenvalue weighted by atomic mass is 10.3. The molecule has 0 atom stereocenters. The quantitative estimate of drug-likeness (QED) is 0.704. The summed E-state index contributed by atoms with van der Waals surface area (Å²) >= 11 is 5.83. The van der Waals surface area contributed by atoms with Crippen LogP contribution >= 0.6 is 11.6 Å². The number of benzene rings is 1. The monoisotopic (exact) mass is 359 g/mol. The summed E-state index contributed by atoms with van der Waals surface area (Å²) in [6.07, 6.45) is 4.48. The van der Waals surface area contributed by atoms with Crippen LogP contribution in [0.5, 0.6) is 0 Å². The smallest absolute Gasteiger partial charge is 0.170 e. The minimum Gasteiger partial charge on any atom is -0.356 e. The zero-order chi connectivity index (χ0) is 17.6. The van der Waals surface area contributed by atoms with Crippen LogP contribution in [0.4, 0.5) is 21.7 Å². The maximum absolute atomic E-state index is 13.3. The lowest BCUT2D eigenvalue weighted by molar-refractivity contribution is 0.112. The number of carbonyl (C=O) groups excluding carboxylic acids is 1. The van der Waals surface area contributed by atoms with Gasteiger partial charge in [-0.15, -0.1) is 0 Å². The highest BCUT2D eigenvalue weighted by Crippen LogP contribution is 2.32. The largest absolute Gasteiger partial charge is 0.356 e. The molecule has 1 aliphatic rings. The van der Waals surface area contributed by atoms with Crippen LogP contribution in [0.3, 0.4) is 0 Å². The Labute approximate surface area is 148 Å². The molecule has 1 N–H and O–H groups in total. The first-order chi connectivity index (χ1) is 12.1. The van der Waals surface area contributed by atoms with Crippen LogP contribution in [0.2, 0.25) is 5.02 Å². The van der Waals surface area contributed by atoms with Gasteiger partial charge in [-0.05, 0) is 31.0 Å². The summed E-state index contributed by atoms with van der Waals surface area (Å²) in [7, 11) is 1.99. The molecule has 2 aromatic heterocycles. The molecule has 8 heteroatoms. The molecule has 1 fully saturated rings. The van der Waals surface area contributed by atoms with Gasteiger partial charge in [-0.1, -0.05) is 11.6 Å². The van der Waals surface area contributed by atoms with Gasteiger partial charge in [0.1, 0.15) is 17.5 Å². The van der Waals surface area contributed by atoms with Crippen molar-refractivity contribution in [2.75, 3.05) is 17.3 Å². The summed E-state index contributed by atoms with van der Waals surface area (Å²) in [6, 6.07) is 6.67.